The molecule has 0 spiro atoms. The molecule has 0 amide bonds. The van der Waals surface area contributed by atoms with Gasteiger partial charge in [0, 0.05) is 0 Å². The summed E-state index contributed by atoms with van der Waals surface area (Å²) in [5, 5.41) is 8.33. The summed E-state index contributed by atoms with van der Waals surface area (Å²) in [6, 6.07) is 0. The van der Waals surface area contributed by atoms with E-state index in [9.17, 15) is 13.6 Å². The van der Waals surface area contributed by atoms with Crippen molar-refractivity contribution in [1.82, 2.24) is 0 Å². The Morgan fingerprint density at radius 1 is 1.70 bits per heavy atom. The first-order valence-corrected chi connectivity index (χ1v) is 2.57. The number of aliphatic hydroxyl groups is 1. The zero-order valence-corrected chi connectivity index (χ0v) is 5.60. The number of halogens is 2. The van der Waals surface area contributed by atoms with Crippen LogP contribution in [-0.4, -0.2) is 30.2 Å². The van der Waals surface area contributed by atoms with Gasteiger partial charge in [-0.25, -0.2) is 4.79 Å². The van der Waals surface area contributed by atoms with E-state index in [0.29, 0.717) is 0 Å². The van der Waals surface area contributed by atoms with Crippen LogP contribution in [0, 0.1) is 0 Å². The largest absolute Gasteiger partial charge is 0.465 e. The predicted molar refractivity (Wildman–Crippen MR) is 28.6 cm³/mol. The Morgan fingerprint density at radius 2 is 2.10 bits per heavy atom. The molecule has 1 atom stereocenters. The van der Waals surface area contributed by atoms with Gasteiger partial charge in [-0.3, -0.25) is 0 Å². The van der Waals surface area contributed by atoms with Crippen molar-refractivity contribution in [1.29, 1.82) is 0 Å². The van der Waals surface area contributed by atoms with Crippen molar-refractivity contribution in [2.75, 3.05) is 7.11 Å². The quantitative estimate of drug-likeness (QED) is 0.577. The first-order valence-electron chi connectivity index (χ1n) is 2.57. The van der Waals surface area contributed by atoms with Gasteiger partial charge in [-0.2, -0.15) is 8.78 Å². The molecule has 0 aromatic carbocycles. The molecule has 0 rings (SSSR count). The summed E-state index contributed by atoms with van der Waals surface area (Å²) < 4.78 is 28.2. The Morgan fingerprint density at radius 3 is 2.20 bits per heavy atom. The van der Waals surface area contributed by atoms with Crippen LogP contribution >= 0.6 is 0 Å². The van der Waals surface area contributed by atoms with Gasteiger partial charge in [0.15, 0.2) is 0 Å². The number of carbonyl (C=O) groups is 1. The molecule has 0 saturated heterocycles. The lowest BCUT2D eigenvalue weighted by Crippen LogP contribution is -2.40. The van der Waals surface area contributed by atoms with Crippen LogP contribution in [0.3, 0.4) is 0 Å². The number of carbonyl (C=O) groups excluding carboxylic acids is 1. The first kappa shape index (κ1) is 9.29. The van der Waals surface area contributed by atoms with Crippen molar-refractivity contribution >= 4 is 5.97 Å². The average Bonchev–Trinajstić information content (AvgIpc) is 1.86. The fourth-order valence-electron chi connectivity index (χ4n) is 0.307. The first-order chi connectivity index (χ1) is 4.42. The second-order valence-electron chi connectivity index (χ2n) is 1.79. The number of rotatable bonds is 2. The van der Waals surface area contributed by atoms with Gasteiger partial charge in [-0.15, -0.1) is 0 Å². The highest BCUT2D eigenvalue weighted by atomic mass is 19.3. The molecule has 0 bridgehead atoms. The number of methoxy groups -OCH3 is 1. The zero-order chi connectivity index (χ0) is 8.36. The molecule has 0 saturated carbocycles. The number of hydrogen-bond acceptors (Lipinski definition) is 3. The Balaban J connectivity index is 4.24. The summed E-state index contributed by atoms with van der Waals surface area (Å²) in [6.07, 6.45) is -2.01. The van der Waals surface area contributed by atoms with Gasteiger partial charge in [0.25, 0.3) is 0 Å². The minimum absolute atomic E-state index is 0.816. The highest BCUT2D eigenvalue weighted by molar-refractivity contribution is 5.78. The van der Waals surface area contributed by atoms with Crippen molar-refractivity contribution in [3.05, 3.63) is 0 Å². The van der Waals surface area contributed by atoms with E-state index in [4.69, 9.17) is 5.11 Å². The van der Waals surface area contributed by atoms with Crippen molar-refractivity contribution in [2.45, 2.75) is 19.0 Å². The number of alkyl halides is 2. The number of hydrogen-bond donors (Lipinski definition) is 1. The molecular weight excluding hydrogens is 146 g/mol. The summed E-state index contributed by atoms with van der Waals surface area (Å²) in [6.45, 7) is 0.816. The lowest BCUT2D eigenvalue weighted by Gasteiger charge is -2.15. The number of esters is 1. The molecule has 0 aliphatic heterocycles. The third-order valence-electron chi connectivity index (χ3n) is 0.982. The fourth-order valence-corrected chi connectivity index (χ4v) is 0.307. The van der Waals surface area contributed by atoms with Crippen LogP contribution in [0.5, 0.6) is 0 Å². The molecule has 0 aliphatic rings. The maximum atomic E-state index is 12.2. The van der Waals surface area contributed by atoms with Crippen LogP contribution < -0.4 is 0 Å². The van der Waals surface area contributed by atoms with E-state index in [2.05, 4.69) is 4.74 Å². The van der Waals surface area contributed by atoms with Crippen LogP contribution in [-0.2, 0) is 9.53 Å². The molecule has 1 N–H and O–H groups in total. The normalized spacial score (nSPS) is 14.5. The van der Waals surface area contributed by atoms with Crippen LogP contribution in [0.1, 0.15) is 6.92 Å². The standard InChI is InChI=1S/C5H8F2O3/c1-3(8)5(6,7)4(9)10-2/h3,8H,1-2H3. The van der Waals surface area contributed by atoms with Gasteiger partial charge < -0.3 is 9.84 Å². The van der Waals surface area contributed by atoms with E-state index in [1.54, 1.807) is 0 Å². The summed E-state index contributed by atoms with van der Waals surface area (Å²) >= 11 is 0. The molecule has 10 heavy (non-hydrogen) atoms. The number of aliphatic hydroxyl groups excluding tert-OH is 1. The zero-order valence-electron chi connectivity index (χ0n) is 5.60. The molecular formula is C5H8F2O3. The molecule has 0 aromatic rings. The molecule has 0 fully saturated rings. The van der Waals surface area contributed by atoms with Gasteiger partial charge in [-0.1, -0.05) is 0 Å². The third-order valence-corrected chi connectivity index (χ3v) is 0.982. The highest BCUT2D eigenvalue weighted by Crippen LogP contribution is 2.19. The lowest BCUT2D eigenvalue weighted by molar-refractivity contribution is -0.183. The fraction of sp³-hybridized carbons (Fsp3) is 0.800. The molecule has 1 unspecified atom stereocenters. The summed E-state index contributed by atoms with van der Waals surface area (Å²) in [5.74, 6) is -5.52. The lowest BCUT2D eigenvalue weighted by atomic mass is 10.2. The van der Waals surface area contributed by atoms with E-state index in [0.717, 1.165) is 14.0 Å². The molecule has 0 aromatic heterocycles. The van der Waals surface area contributed by atoms with Crippen molar-refractivity contribution in [3.8, 4) is 0 Å². The smallest absolute Gasteiger partial charge is 0.379 e. The summed E-state index contributed by atoms with van der Waals surface area (Å²) in [4.78, 5) is 10.1. The van der Waals surface area contributed by atoms with Crippen LogP contribution in [0.15, 0.2) is 0 Å². The molecule has 0 radical (unpaired) electrons. The Hall–Kier alpha value is -0.710. The highest BCUT2D eigenvalue weighted by Gasteiger charge is 2.45. The molecule has 60 valence electrons. The van der Waals surface area contributed by atoms with E-state index in [1.165, 1.54) is 0 Å². The van der Waals surface area contributed by atoms with Gasteiger partial charge in [0.2, 0.25) is 0 Å². The Labute approximate surface area is 56.6 Å². The van der Waals surface area contributed by atoms with Crippen LogP contribution in [0.2, 0.25) is 0 Å². The van der Waals surface area contributed by atoms with Crippen LogP contribution in [0.25, 0.3) is 0 Å². The molecule has 3 nitrogen and oxygen atoms in total. The van der Waals surface area contributed by atoms with E-state index in [1.807, 2.05) is 0 Å². The van der Waals surface area contributed by atoms with Gasteiger partial charge >= 0.3 is 11.9 Å². The summed E-state index contributed by atoms with van der Waals surface area (Å²) in [5.41, 5.74) is 0. The second kappa shape index (κ2) is 2.92. The van der Waals surface area contributed by atoms with Crippen molar-refractivity contribution in [2.24, 2.45) is 0 Å². The van der Waals surface area contributed by atoms with Gasteiger partial charge in [0.1, 0.15) is 6.10 Å². The maximum absolute atomic E-state index is 12.2. The van der Waals surface area contributed by atoms with E-state index >= 15 is 0 Å². The molecule has 0 heterocycles. The number of ether oxygens (including phenoxy) is 1. The minimum Gasteiger partial charge on any atom is -0.465 e. The molecule has 5 heteroatoms. The Kier molecular flexibility index (Phi) is 2.71. The summed E-state index contributed by atoms with van der Waals surface area (Å²) in [7, 11) is 0.832. The minimum atomic E-state index is -3.80. The van der Waals surface area contributed by atoms with Gasteiger partial charge in [-0.05, 0) is 6.92 Å². The topological polar surface area (TPSA) is 46.5 Å². The van der Waals surface area contributed by atoms with Crippen LogP contribution in [0.4, 0.5) is 8.78 Å². The van der Waals surface area contributed by atoms with Gasteiger partial charge in [0.05, 0.1) is 7.11 Å². The SMILES string of the molecule is COC(=O)C(F)(F)C(C)O. The average molecular weight is 154 g/mol. The van der Waals surface area contributed by atoms with E-state index < -0.39 is 18.0 Å². The van der Waals surface area contributed by atoms with Crippen molar-refractivity contribution in [3.63, 3.8) is 0 Å². The van der Waals surface area contributed by atoms with Crippen molar-refractivity contribution < 1.29 is 23.4 Å². The predicted octanol–water partition coefficient (Wildman–Crippen LogP) is 0.175. The second-order valence-corrected chi connectivity index (χ2v) is 1.79. The monoisotopic (exact) mass is 154 g/mol. The third kappa shape index (κ3) is 1.63. The Bertz CT molecular complexity index is 133. The maximum Gasteiger partial charge on any atom is 0.379 e. The molecule has 0 aliphatic carbocycles. The van der Waals surface area contributed by atoms with E-state index in [-0.39, 0.29) is 0 Å².